The van der Waals surface area contributed by atoms with Gasteiger partial charge in [-0.25, -0.2) is 0 Å². The van der Waals surface area contributed by atoms with Crippen molar-refractivity contribution in [3.63, 3.8) is 0 Å². The van der Waals surface area contributed by atoms with E-state index in [-0.39, 0.29) is 5.92 Å². The normalized spacial score (nSPS) is 18.1. The highest BCUT2D eigenvalue weighted by molar-refractivity contribution is 6.08. The molecule has 2 aliphatic heterocycles. The fourth-order valence-corrected chi connectivity index (χ4v) is 6.27. The van der Waals surface area contributed by atoms with Gasteiger partial charge in [-0.15, -0.1) is 0 Å². The van der Waals surface area contributed by atoms with Crippen LogP contribution in [0, 0.1) is 5.92 Å². The third-order valence-corrected chi connectivity index (χ3v) is 8.34. The highest BCUT2D eigenvalue weighted by Crippen LogP contribution is 2.30. The van der Waals surface area contributed by atoms with Gasteiger partial charge in [0.25, 0.3) is 0 Å². The number of fused-ring (bicyclic) bond motifs is 3. The van der Waals surface area contributed by atoms with Crippen LogP contribution >= 0.6 is 0 Å². The minimum atomic E-state index is 0.179. The number of rotatable bonds is 6. The lowest BCUT2D eigenvalue weighted by molar-refractivity contribution is -0.139. The van der Waals surface area contributed by atoms with E-state index in [0.717, 1.165) is 71.7 Å². The highest BCUT2D eigenvalue weighted by Gasteiger charge is 2.30. The van der Waals surface area contributed by atoms with Gasteiger partial charge in [0.1, 0.15) is 0 Å². The third kappa shape index (κ3) is 5.00. The topological polar surface area (TPSA) is 44.6 Å². The zero-order valence-corrected chi connectivity index (χ0v) is 21.9. The van der Waals surface area contributed by atoms with E-state index in [2.05, 4.69) is 85.8 Å². The second-order valence-electron chi connectivity index (χ2n) is 10.6. The van der Waals surface area contributed by atoms with Gasteiger partial charge in [0.2, 0.25) is 5.91 Å². The van der Waals surface area contributed by atoms with Crippen LogP contribution in [0.3, 0.4) is 0 Å². The molecule has 2 saturated heterocycles. The van der Waals surface area contributed by atoms with Gasteiger partial charge >= 0.3 is 0 Å². The molecule has 6 rings (SSSR count). The summed E-state index contributed by atoms with van der Waals surface area (Å²) in [6, 6.07) is 19.8. The fraction of sp³-hybridized carbons (Fsp3) is 0.419. The Hall–Kier alpha value is -3.22. The Morgan fingerprint density at radius 1 is 0.784 bits per heavy atom. The van der Waals surface area contributed by atoms with Gasteiger partial charge in [0, 0.05) is 85.9 Å². The minimum absolute atomic E-state index is 0.179. The molecule has 4 aromatic rings. The van der Waals surface area contributed by atoms with Crippen LogP contribution in [0.1, 0.15) is 30.9 Å². The summed E-state index contributed by atoms with van der Waals surface area (Å²) in [5, 5.41) is 2.68. The van der Waals surface area contributed by atoms with Crippen molar-refractivity contribution >= 4 is 27.7 Å². The largest absolute Gasteiger partial charge is 0.341 e. The number of amides is 1. The number of piperazine rings is 1. The molecule has 0 bridgehead atoms. The SMILES string of the molecule is CCn1c2ccccc2c2cc(CN3CCN(C(=O)C4CCN(Cc5ccncc5)CC4)CC3)ccc21. The Labute approximate surface area is 219 Å². The van der Waals surface area contributed by atoms with Crippen LogP contribution in [-0.4, -0.2) is 69.4 Å². The van der Waals surface area contributed by atoms with Gasteiger partial charge in [-0.3, -0.25) is 19.6 Å². The lowest BCUT2D eigenvalue weighted by atomic mass is 9.94. The Balaban J connectivity index is 1.03. The molecule has 0 unspecified atom stereocenters. The van der Waals surface area contributed by atoms with Gasteiger partial charge in [-0.2, -0.15) is 0 Å². The Bertz CT molecular complexity index is 1360. The summed E-state index contributed by atoms with van der Waals surface area (Å²) in [5.41, 5.74) is 5.28. The van der Waals surface area contributed by atoms with Crippen LogP contribution in [0.25, 0.3) is 21.8 Å². The molecule has 6 heteroatoms. The van der Waals surface area contributed by atoms with E-state index in [1.165, 1.54) is 32.9 Å². The molecule has 0 aliphatic carbocycles. The average Bonchev–Trinajstić information content (AvgIpc) is 3.27. The molecule has 6 nitrogen and oxygen atoms in total. The number of para-hydroxylation sites is 1. The van der Waals surface area contributed by atoms with Crippen molar-refractivity contribution in [3.05, 3.63) is 78.1 Å². The number of likely N-dealkylation sites (tertiary alicyclic amines) is 1. The van der Waals surface area contributed by atoms with Crippen LogP contribution in [0.4, 0.5) is 0 Å². The molecule has 2 aromatic carbocycles. The van der Waals surface area contributed by atoms with Crippen molar-refractivity contribution in [1.82, 2.24) is 24.3 Å². The van der Waals surface area contributed by atoms with Crippen LogP contribution < -0.4 is 0 Å². The van der Waals surface area contributed by atoms with Crippen molar-refractivity contribution in [2.75, 3.05) is 39.3 Å². The summed E-state index contributed by atoms with van der Waals surface area (Å²) in [4.78, 5) is 24.5. The second kappa shape index (κ2) is 10.6. The van der Waals surface area contributed by atoms with Gasteiger partial charge in [0.15, 0.2) is 0 Å². The van der Waals surface area contributed by atoms with Crippen LogP contribution in [-0.2, 0) is 24.4 Å². The Morgan fingerprint density at radius 2 is 1.46 bits per heavy atom. The van der Waals surface area contributed by atoms with Gasteiger partial charge in [-0.05, 0) is 74.3 Å². The molecule has 2 aliphatic rings. The molecule has 0 radical (unpaired) electrons. The lowest BCUT2D eigenvalue weighted by Crippen LogP contribution is -2.51. The van der Waals surface area contributed by atoms with E-state index in [1.807, 2.05) is 12.4 Å². The van der Waals surface area contributed by atoms with Crippen molar-refractivity contribution in [1.29, 1.82) is 0 Å². The third-order valence-electron chi connectivity index (χ3n) is 8.34. The standard InChI is InChI=1S/C31H37N5O/c1-2-36-29-6-4-3-5-27(29)28-21-25(7-8-30(28)36)23-34-17-19-35(20-18-34)31(37)26-11-15-33(16-12-26)22-24-9-13-32-14-10-24/h3-10,13-14,21,26H,2,11-12,15-20,22-23H2,1H3. The summed E-state index contributed by atoms with van der Waals surface area (Å²) in [6.45, 7) is 10.6. The number of aromatic nitrogens is 2. The van der Waals surface area contributed by atoms with Gasteiger partial charge < -0.3 is 9.47 Å². The van der Waals surface area contributed by atoms with Crippen LogP contribution in [0.5, 0.6) is 0 Å². The quantitative estimate of drug-likeness (QED) is 0.387. The first-order chi connectivity index (χ1) is 18.2. The van der Waals surface area contributed by atoms with E-state index in [9.17, 15) is 4.79 Å². The molecule has 0 saturated carbocycles. The smallest absolute Gasteiger partial charge is 0.225 e. The lowest BCUT2D eigenvalue weighted by Gasteiger charge is -2.38. The zero-order valence-electron chi connectivity index (χ0n) is 21.9. The summed E-state index contributed by atoms with van der Waals surface area (Å²) >= 11 is 0. The maximum Gasteiger partial charge on any atom is 0.225 e. The van der Waals surface area contributed by atoms with E-state index in [0.29, 0.717) is 5.91 Å². The highest BCUT2D eigenvalue weighted by atomic mass is 16.2. The van der Waals surface area contributed by atoms with E-state index < -0.39 is 0 Å². The van der Waals surface area contributed by atoms with E-state index in [4.69, 9.17) is 0 Å². The number of pyridine rings is 1. The number of benzene rings is 2. The number of carbonyl (C=O) groups is 1. The Kier molecular flexibility index (Phi) is 6.94. The van der Waals surface area contributed by atoms with Gasteiger partial charge in [-0.1, -0.05) is 24.3 Å². The van der Waals surface area contributed by atoms with E-state index in [1.54, 1.807) is 0 Å². The molecule has 192 valence electrons. The van der Waals surface area contributed by atoms with Crippen molar-refractivity contribution in [2.24, 2.45) is 5.92 Å². The predicted octanol–water partition coefficient (Wildman–Crippen LogP) is 4.77. The first-order valence-corrected chi connectivity index (χ1v) is 13.8. The predicted molar refractivity (Wildman–Crippen MR) is 149 cm³/mol. The Morgan fingerprint density at radius 3 is 2.22 bits per heavy atom. The number of piperidine rings is 1. The average molecular weight is 496 g/mol. The van der Waals surface area contributed by atoms with Crippen LogP contribution in [0.2, 0.25) is 0 Å². The molecule has 2 aromatic heterocycles. The summed E-state index contributed by atoms with van der Waals surface area (Å²) in [6.07, 6.45) is 5.65. The number of nitrogens with zero attached hydrogens (tertiary/aromatic N) is 5. The molecular formula is C31H37N5O. The van der Waals surface area contributed by atoms with E-state index >= 15 is 0 Å². The second-order valence-corrected chi connectivity index (χ2v) is 10.6. The maximum absolute atomic E-state index is 13.3. The number of hydrogen-bond donors (Lipinski definition) is 0. The molecule has 37 heavy (non-hydrogen) atoms. The number of hydrogen-bond acceptors (Lipinski definition) is 4. The molecule has 2 fully saturated rings. The van der Waals surface area contributed by atoms with Crippen molar-refractivity contribution < 1.29 is 4.79 Å². The number of carbonyl (C=O) groups excluding carboxylic acids is 1. The molecule has 0 atom stereocenters. The first kappa shape index (κ1) is 24.1. The molecule has 0 N–H and O–H groups in total. The number of aryl methyl sites for hydroxylation is 1. The van der Waals surface area contributed by atoms with Gasteiger partial charge in [0.05, 0.1) is 0 Å². The molecule has 0 spiro atoms. The monoisotopic (exact) mass is 495 g/mol. The molecular weight excluding hydrogens is 458 g/mol. The maximum atomic E-state index is 13.3. The zero-order chi connectivity index (χ0) is 25.2. The van der Waals surface area contributed by atoms with Crippen LogP contribution in [0.15, 0.2) is 67.0 Å². The fourth-order valence-electron chi connectivity index (χ4n) is 6.27. The summed E-state index contributed by atoms with van der Waals surface area (Å²) < 4.78 is 2.41. The summed E-state index contributed by atoms with van der Waals surface area (Å²) in [5.74, 6) is 0.551. The van der Waals surface area contributed by atoms with Crippen molar-refractivity contribution in [2.45, 2.75) is 39.4 Å². The first-order valence-electron chi connectivity index (χ1n) is 13.8. The molecule has 1 amide bonds. The summed E-state index contributed by atoms with van der Waals surface area (Å²) in [7, 11) is 0. The van der Waals surface area contributed by atoms with Crippen molar-refractivity contribution in [3.8, 4) is 0 Å². The molecule has 4 heterocycles. The minimum Gasteiger partial charge on any atom is -0.341 e.